The molecule has 30 heavy (non-hydrogen) atoms. The van der Waals surface area contributed by atoms with Gasteiger partial charge in [0.15, 0.2) is 11.5 Å². The number of nitrogens with zero attached hydrogens (tertiary/aromatic N) is 5. The van der Waals surface area contributed by atoms with Gasteiger partial charge in [-0.2, -0.15) is 5.10 Å². The van der Waals surface area contributed by atoms with Crippen LogP contribution in [0.1, 0.15) is 29.8 Å². The number of carbonyl (C=O) groups excluding carboxylic acids is 1. The van der Waals surface area contributed by atoms with Gasteiger partial charge >= 0.3 is 0 Å². The maximum absolute atomic E-state index is 14.0. The Morgan fingerprint density at radius 2 is 2.10 bits per heavy atom. The molecular weight excluding hydrogens is 389 g/mol. The fourth-order valence-electron chi connectivity index (χ4n) is 3.84. The van der Waals surface area contributed by atoms with Crippen LogP contribution in [0.3, 0.4) is 0 Å². The highest BCUT2D eigenvalue weighted by atomic mass is 19.1. The van der Waals surface area contributed by atoms with E-state index >= 15 is 0 Å². The molecule has 0 aliphatic carbocycles. The molecule has 3 aromatic rings. The molecule has 156 valence electrons. The second-order valence-corrected chi connectivity index (χ2v) is 7.93. The van der Waals surface area contributed by atoms with Crippen LogP contribution in [0.4, 0.5) is 15.9 Å². The van der Waals surface area contributed by atoms with Crippen LogP contribution in [0.5, 0.6) is 5.88 Å². The first-order valence-electron chi connectivity index (χ1n) is 9.94. The summed E-state index contributed by atoms with van der Waals surface area (Å²) in [4.78, 5) is 23.8. The number of nitrogens with one attached hydrogen (secondary N) is 2. The molecule has 5 heterocycles. The van der Waals surface area contributed by atoms with Gasteiger partial charge in [-0.15, -0.1) is 0 Å². The zero-order chi connectivity index (χ0) is 20.8. The number of fused-ring (bicyclic) bond motifs is 1. The van der Waals surface area contributed by atoms with Crippen LogP contribution in [0.15, 0.2) is 24.7 Å². The van der Waals surface area contributed by atoms with Gasteiger partial charge in [-0.25, -0.2) is 18.9 Å². The number of halogens is 1. The third-order valence-corrected chi connectivity index (χ3v) is 5.31. The van der Waals surface area contributed by atoms with Crippen LogP contribution in [-0.2, 0) is 6.54 Å². The molecule has 2 aliphatic heterocycles. The minimum atomic E-state index is -0.426. The lowest BCUT2D eigenvalue weighted by Gasteiger charge is -2.26. The summed E-state index contributed by atoms with van der Waals surface area (Å²) in [6.45, 7) is 6.06. The van der Waals surface area contributed by atoms with E-state index in [1.165, 1.54) is 12.3 Å². The van der Waals surface area contributed by atoms with Crippen molar-refractivity contribution in [3.8, 4) is 5.88 Å². The molecule has 0 fully saturated rings. The molecule has 3 aromatic heterocycles. The molecule has 9 nitrogen and oxygen atoms in total. The number of rotatable bonds is 0. The van der Waals surface area contributed by atoms with E-state index in [1.54, 1.807) is 4.52 Å². The number of anilines is 2. The molecule has 0 spiro atoms. The van der Waals surface area contributed by atoms with Crippen molar-refractivity contribution in [3.63, 3.8) is 0 Å². The van der Waals surface area contributed by atoms with Crippen molar-refractivity contribution < 1.29 is 13.9 Å². The van der Waals surface area contributed by atoms with Crippen molar-refractivity contribution in [2.24, 2.45) is 5.92 Å². The third-order valence-electron chi connectivity index (χ3n) is 5.31. The van der Waals surface area contributed by atoms with E-state index in [1.807, 2.05) is 13.1 Å². The Hall–Kier alpha value is -3.43. The minimum absolute atomic E-state index is 0.266. The summed E-state index contributed by atoms with van der Waals surface area (Å²) in [5.74, 6) is 0.651. The first kappa shape index (κ1) is 18.6. The summed E-state index contributed by atoms with van der Waals surface area (Å²) in [6, 6.07) is 1.44. The van der Waals surface area contributed by atoms with Gasteiger partial charge in [0.1, 0.15) is 17.5 Å². The van der Waals surface area contributed by atoms with Crippen LogP contribution in [0.2, 0.25) is 0 Å². The van der Waals surface area contributed by atoms with Gasteiger partial charge in [-0.05, 0) is 18.9 Å². The average Bonchev–Trinajstić information content (AvgIpc) is 3.06. The zero-order valence-electron chi connectivity index (χ0n) is 16.7. The summed E-state index contributed by atoms with van der Waals surface area (Å²) in [7, 11) is 0. The van der Waals surface area contributed by atoms with E-state index < -0.39 is 5.82 Å². The van der Waals surface area contributed by atoms with E-state index in [4.69, 9.17) is 9.72 Å². The standard InChI is InChI=1S/C20H22FN7O2/c1-11-4-22-16-10-28-17-15(7-25-28)19(29)23-5-12(2)30-20-13(3-14(21)6-24-20)9-27(8-11)18(16)26-17/h3,6-7,10-12,22H,4-5,8-9H2,1-2H3,(H,23,29)/t11-,12+/m1/s1. The van der Waals surface area contributed by atoms with Crippen molar-refractivity contribution in [1.29, 1.82) is 0 Å². The van der Waals surface area contributed by atoms with Crippen LogP contribution in [0, 0.1) is 11.7 Å². The fraction of sp³-hybridized carbons (Fsp3) is 0.400. The van der Waals surface area contributed by atoms with Crippen LogP contribution < -0.4 is 20.3 Å². The highest BCUT2D eigenvalue weighted by Gasteiger charge is 2.26. The van der Waals surface area contributed by atoms with E-state index in [0.717, 1.165) is 18.4 Å². The second kappa shape index (κ2) is 7.12. The molecule has 0 aromatic carbocycles. The SMILES string of the molecule is C[C@@H]1CNc2cn3ncc4c3nc2N(Cc2cc(F)cnc2O[C@@H](C)CNC4=O)C1. The Bertz CT molecular complexity index is 1130. The van der Waals surface area contributed by atoms with Crippen LogP contribution >= 0.6 is 0 Å². The monoisotopic (exact) mass is 411 g/mol. The topological polar surface area (TPSA) is 96.7 Å². The van der Waals surface area contributed by atoms with Gasteiger partial charge in [0.2, 0.25) is 5.88 Å². The van der Waals surface area contributed by atoms with Gasteiger partial charge in [0.05, 0.1) is 30.8 Å². The van der Waals surface area contributed by atoms with Gasteiger partial charge in [0, 0.05) is 25.2 Å². The number of amides is 1. The average molecular weight is 411 g/mol. The molecule has 0 saturated carbocycles. The molecule has 2 bridgehead atoms. The van der Waals surface area contributed by atoms with Crippen molar-refractivity contribution in [2.45, 2.75) is 26.5 Å². The fourth-order valence-corrected chi connectivity index (χ4v) is 3.84. The molecule has 2 N–H and O–H groups in total. The smallest absolute Gasteiger partial charge is 0.256 e. The van der Waals surface area contributed by atoms with Crippen LogP contribution in [-0.4, -0.2) is 51.2 Å². The Labute approximate surface area is 172 Å². The summed E-state index contributed by atoms with van der Waals surface area (Å²) >= 11 is 0. The predicted octanol–water partition coefficient (Wildman–Crippen LogP) is 1.84. The highest BCUT2D eigenvalue weighted by molar-refractivity contribution is 6.00. The summed E-state index contributed by atoms with van der Waals surface area (Å²) in [5, 5.41) is 10.6. The molecule has 2 atom stereocenters. The molecule has 5 rings (SSSR count). The normalized spacial score (nSPS) is 21.4. The summed E-state index contributed by atoms with van der Waals surface area (Å²) in [5.41, 5.74) is 2.29. The lowest BCUT2D eigenvalue weighted by molar-refractivity contribution is 0.0932. The van der Waals surface area contributed by atoms with E-state index in [2.05, 4.69) is 32.5 Å². The summed E-state index contributed by atoms with van der Waals surface area (Å²) in [6.07, 6.45) is 4.14. The third kappa shape index (κ3) is 3.27. The number of ether oxygens (including phenoxy) is 1. The van der Waals surface area contributed by atoms with Gasteiger partial charge < -0.3 is 20.3 Å². The zero-order valence-corrected chi connectivity index (χ0v) is 16.7. The van der Waals surface area contributed by atoms with E-state index in [0.29, 0.717) is 47.5 Å². The molecule has 0 saturated heterocycles. The molecule has 0 radical (unpaired) electrons. The van der Waals surface area contributed by atoms with Crippen LogP contribution in [0.25, 0.3) is 5.65 Å². The minimum Gasteiger partial charge on any atom is -0.473 e. The molecule has 0 unspecified atom stereocenters. The van der Waals surface area contributed by atoms with Gasteiger partial charge in [-0.1, -0.05) is 6.92 Å². The highest BCUT2D eigenvalue weighted by Crippen LogP contribution is 2.32. The van der Waals surface area contributed by atoms with Gasteiger partial charge in [0.25, 0.3) is 5.91 Å². The maximum atomic E-state index is 14.0. The molecule has 2 aliphatic rings. The number of hydrogen-bond donors (Lipinski definition) is 2. The van der Waals surface area contributed by atoms with Crippen molar-refractivity contribution in [3.05, 3.63) is 41.6 Å². The van der Waals surface area contributed by atoms with E-state index in [9.17, 15) is 9.18 Å². The summed E-state index contributed by atoms with van der Waals surface area (Å²) < 4.78 is 21.6. The lowest BCUT2D eigenvalue weighted by Crippen LogP contribution is -2.34. The molecular formula is C20H22FN7O2. The lowest BCUT2D eigenvalue weighted by atomic mass is 10.1. The number of carbonyl (C=O) groups is 1. The van der Waals surface area contributed by atoms with Crippen molar-refractivity contribution in [2.75, 3.05) is 29.9 Å². The quantitative estimate of drug-likeness (QED) is 0.583. The second-order valence-electron chi connectivity index (χ2n) is 7.93. The van der Waals surface area contributed by atoms with Gasteiger partial charge in [-0.3, -0.25) is 4.79 Å². The Morgan fingerprint density at radius 3 is 2.97 bits per heavy atom. The molecule has 10 heteroatoms. The first-order valence-corrected chi connectivity index (χ1v) is 9.94. The number of aromatic nitrogens is 4. The number of pyridine rings is 1. The van der Waals surface area contributed by atoms with Crippen molar-refractivity contribution >= 4 is 23.1 Å². The predicted molar refractivity (Wildman–Crippen MR) is 108 cm³/mol. The number of hydrogen-bond acceptors (Lipinski definition) is 7. The first-order chi connectivity index (χ1) is 14.5. The Morgan fingerprint density at radius 1 is 1.23 bits per heavy atom. The van der Waals surface area contributed by atoms with Crippen molar-refractivity contribution in [1.82, 2.24) is 24.9 Å². The largest absolute Gasteiger partial charge is 0.473 e. The molecule has 1 amide bonds. The Kier molecular flexibility index (Phi) is 4.41. The maximum Gasteiger partial charge on any atom is 0.256 e. The van der Waals surface area contributed by atoms with E-state index in [-0.39, 0.29) is 18.6 Å². The Balaban J connectivity index is 1.70.